The zero-order valence-electron chi connectivity index (χ0n) is 15.9. The minimum atomic E-state index is -0.0376. The predicted octanol–water partition coefficient (Wildman–Crippen LogP) is 4.98. The fourth-order valence-corrected chi connectivity index (χ4v) is 3.34. The van der Waals surface area contributed by atoms with E-state index in [4.69, 9.17) is 16.6 Å². The smallest absolute Gasteiger partial charge is 0.226 e. The van der Waals surface area contributed by atoms with Crippen LogP contribution in [0.25, 0.3) is 0 Å². The molecule has 0 atom stereocenters. The maximum atomic E-state index is 12.2. The zero-order chi connectivity index (χ0) is 18.9. The monoisotopic (exact) mass is 371 g/mol. The SMILES string of the molecule is Cc1cc2c(nc1NC(=O)CC(C)(C)C)CCN2Cc1ccc(Cl)cc1. The van der Waals surface area contributed by atoms with Gasteiger partial charge in [-0.3, -0.25) is 4.79 Å². The van der Waals surface area contributed by atoms with Crippen LogP contribution in [0.5, 0.6) is 0 Å². The summed E-state index contributed by atoms with van der Waals surface area (Å²) in [5.74, 6) is 0.704. The lowest BCUT2D eigenvalue weighted by atomic mass is 9.92. The van der Waals surface area contributed by atoms with Gasteiger partial charge >= 0.3 is 0 Å². The van der Waals surface area contributed by atoms with E-state index in [1.165, 1.54) is 5.56 Å². The van der Waals surface area contributed by atoms with E-state index >= 15 is 0 Å². The summed E-state index contributed by atoms with van der Waals surface area (Å²) in [6.45, 7) is 9.95. The van der Waals surface area contributed by atoms with E-state index in [2.05, 4.69) is 49.2 Å². The number of anilines is 2. The van der Waals surface area contributed by atoms with Gasteiger partial charge < -0.3 is 10.2 Å². The Hall–Kier alpha value is -2.07. The average Bonchev–Trinajstić information content (AvgIpc) is 2.90. The first kappa shape index (κ1) is 18.7. The van der Waals surface area contributed by atoms with Gasteiger partial charge in [0.2, 0.25) is 5.91 Å². The number of hydrogen-bond acceptors (Lipinski definition) is 3. The van der Waals surface area contributed by atoms with Gasteiger partial charge in [0.1, 0.15) is 5.82 Å². The Balaban J connectivity index is 1.75. The van der Waals surface area contributed by atoms with Gasteiger partial charge in [-0.1, -0.05) is 44.5 Å². The van der Waals surface area contributed by atoms with Crippen molar-refractivity contribution in [2.75, 3.05) is 16.8 Å². The molecule has 0 bridgehead atoms. The van der Waals surface area contributed by atoms with Gasteiger partial charge in [-0.25, -0.2) is 4.98 Å². The van der Waals surface area contributed by atoms with Crippen molar-refractivity contribution in [2.45, 2.75) is 47.1 Å². The van der Waals surface area contributed by atoms with Crippen LogP contribution in [0.3, 0.4) is 0 Å². The molecule has 2 aromatic rings. The first-order valence-corrected chi connectivity index (χ1v) is 9.39. The van der Waals surface area contributed by atoms with Crippen LogP contribution in [0.1, 0.15) is 44.0 Å². The number of aryl methyl sites for hydroxylation is 1. The second-order valence-corrected chi connectivity index (χ2v) is 8.64. The molecule has 0 aliphatic carbocycles. The largest absolute Gasteiger partial charge is 0.365 e. The lowest BCUT2D eigenvalue weighted by Gasteiger charge is -2.21. The van der Waals surface area contributed by atoms with E-state index in [0.717, 1.165) is 41.5 Å². The van der Waals surface area contributed by atoms with Crippen LogP contribution >= 0.6 is 11.6 Å². The number of nitrogens with zero attached hydrogens (tertiary/aromatic N) is 2. The number of hydrogen-bond donors (Lipinski definition) is 1. The maximum Gasteiger partial charge on any atom is 0.226 e. The molecule has 0 saturated carbocycles. The summed E-state index contributed by atoms with van der Waals surface area (Å²) in [5.41, 5.74) is 4.39. The number of nitrogens with one attached hydrogen (secondary N) is 1. The number of carbonyl (C=O) groups is 1. The average molecular weight is 372 g/mol. The van der Waals surface area contributed by atoms with Gasteiger partial charge in [-0.05, 0) is 41.7 Å². The van der Waals surface area contributed by atoms with E-state index in [-0.39, 0.29) is 11.3 Å². The molecule has 5 heteroatoms. The van der Waals surface area contributed by atoms with Gasteiger partial charge in [0.05, 0.1) is 11.4 Å². The highest BCUT2D eigenvalue weighted by Crippen LogP contribution is 2.32. The van der Waals surface area contributed by atoms with Crippen LogP contribution in [-0.2, 0) is 17.8 Å². The van der Waals surface area contributed by atoms with Crippen LogP contribution in [0.4, 0.5) is 11.5 Å². The molecule has 138 valence electrons. The molecule has 0 spiro atoms. The molecule has 0 saturated heterocycles. The van der Waals surface area contributed by atoms with Gasteiger partial charge in [0.25, 0.3) is 0 Å². The normalized spacial score (nSPS) is 13.7. The maximum absolute atomic E-state index is 12.2. The molecule has 1 amide bonds. The summed E-state index contributed by atoms with van der Waals surface area (Å²) in [7, 11) is 0. The molecule has 0 fully saturated rings. The van der Waals surface area contributed by atoms with Crippen LogP contribution in [0, 0.1) is 12.3 Å². The van der Waals surface area contributed by atoms with E-state index in [1.54, 1.807) is 0 Å². The van der Waals surface area contributed by atoms with Crippen LogP contribution in [0.15, 0.2) is 30.3 Å². The summed E-state index contributed by atoms with van der Waals surface area (Å²) in [6, 6.07) is 10.1. The highest BCUT2D eigenvalue weighted by molar-refractivity contribution is 6.30. The van der Waals surface area contributed by atoms with Crippen molar-refractivity contribution in [3.8, 4) is 0 Å². The molecule has 1 aromatic carbocycles. The third-order valence-electron chi connectivity index (χ3n) is 4.46. The number of aromatic nitrogens is 1. The quantitative estimate of drug-likeness (QED) is 0.824. The van der Waals surface area contributed by atoms with Crippen LogP contribution < -0.4 is 10.2 Å². The van der Waals surface area contributed by atoms with Crippen molar-refractivity contribution < 1.29 is 4.79 Å². The minimum Gasteiger partial charge on any atom is -0.365 e. The van der Waals surface area contributed by atoms with Crippen molar-refractivity contribution in [1.82, 2.24) is 4.98 Å². The molecule has 3 rings (SSSR count). The molecule has 2 heterocycles. The van der Waals surface area contributed by atoms with E-state index in [0.29, 0.717) is 12.2 Å². The molecule has 4 nitrogen and oxygen atoms in total. The molecule has 1 N–H and O–H groups in total. The Morgan fingerprint density at radius 3 is 2.62 bits per heavy atom. The van der Waals surface area contributed by atoms with Crippen molar-refractivity contribution in [2.24, 2.45) is 5.41 Å². The Labute approximate surface area is 160 Å². The molecular weight excluding hydrogens is 346 g/mol. The molecule has 0 unspecified atom stereocenters. The highest BCUT2D eigenvalue weighted by atomic mass is 35.5. The van der Waals surface area contributed by atoms with E-state index in [9.17, 15) is 4.79 Å². The van der Waals surface area contributed by atoms with E-state index in [1.807, 2.05) is 19.1 Å². The molecule has 1 aliphatic heterocycles. The van der Waals surface area contributed by atoms with Crippen molar-refractivity contribution in [1.29, 1.82) is 0 Å². The van der Waals surface area contributed by atoms with Crippen LogP contribution in [-0.4, -0.2) is 17.4 Å². The lowest BCUT2D eigenvalue weighted by molar-refractivity contribution is -0.117. The summed E-state index contributed by atoms with van der Waals surface area (Å²) in [4.78, 5) is 19.3. The van der Waals surface area contributed by atoms with Gasteiger partial charge in [0.15, 0.2) is 0 Å². The highest BCUT2D eigenvalue weighted by Gasteiger charge is 2.23. The van der Waals surface area contributed by atoms with Crippen molar-refractivity contribution in [3.05, 3.63) is 52.2 Å². The second-order valence-electron chi connectivity index (χ2n) is 8.20. The number of pyridine rings is 1. The molecule has 26 heavy (non-hydrogen) atoms. The first-order chi connectivity index (χ1) is 12.2. The third kappa shape index (κ3) is 4.55. The summed E-state index contributed by atoms with van der Waals surface area (Å²) < 4.78 is 0. The lowest BCUT2D eigenvalue weighted by Crippen LogP contribution is -2.21. The Bertz CT molecular complexity index is 809. The van der Waals surface area contributed by atoms with E-state index < -0.39 is 0 Å². The number of benzene rings is 1. The Morgan fingerprint density at radius 1 is 1.27 bits per heavy atom. The number of carbonyl (C=O) groups excluding carboxylic acids is 1. The number of amides is 1. The molecular formula is C21H26ClN3O. The fourth-order valence-electron chi connectivity index (χ4n) is 3.22. The molecule has 1 aliphatic rings. The minimum absolute atomic E-state index is 0.0177. The zero-order valence-corrected chi connectivity index (χ0v) is 16.7. The fraction of sp³-hybridized carbons (Fsp3) is 0.429. The van der Waals surface area contributed by atoms with Gasteiger partial charge in [-0.2, -0.15) is 0 Å². The first-order valence-electron chi connectivity index (χ1n) is 9.01. The molecule has 1 aromatic heterocycles. The second kappa shape index (κ2) is 7.28. The number of halogens is 1. The number of fused-ring (bicyclic) bond motifs is 1. The summed E-state index contributed by atoms with van der Waals surface area (Å²) >= 11 is 5.97. The predicted molar refractivity (Wildman–Crippen MR) is 108 cm³/mol. The van der Waals surface area contributed by atoms with Crippen molar-refractivity contribution in [3.63, 3.8) is 0 Å². The van der Waals surface area contributed by atoms with Crippen molar-refractivity contribution >= 4 is 29.0 Å². The summed E-state index contributed by atoms with van der Waals surface area (Å²) in [6.07, 6.45) is 1.37. The Kier molecular flexibility index (Phi) is 5.24. The standard InChI is InChI=1S/C21H26ClN3O/c1-14-11-18-17(23-20(14)24-19(26)12-21(2,3)4)9-10-25(18)13-15-5-7-16(22)8-6-15/h5-8,11H,9-10,12-13H2,1-4H3,(H,23,24,26). The van der Waals surface area contributed by atoms with Gasteiger partial charge in [-0.15, -0.1) is 0 Å². The molecule has 0 radical (unpaired) electrons. The Morgan fingerprint density at radius 2 is 1.96 bits per heavy atom. The van der Waals surface area contributed by atoms with Crippen LogP contribution in [0.2, 0.25) is 5.02 Å². The topological polar surface area (TPSA) is 45.2 Å². The number of rotatable bonds is 4. The third-order valence-corrected chi connectivity index (χ3v) is 4.72. The summed E-state index contributed by atoms with van der Waals surface area (Å²) in [5, 5.41) is 3.74. The van der Waals surface area contributed by atoms with Gasteiger partial charge in [0, 0.05) is 31.0 Å².